The number of benzene rings is 1. The van der Waals surface area contributed by atoms with E-state index in [-0.39, 0.29) is 0 Å². The van der Waals surface area contributed by atoms with Gasteiger partial charge >= 0.3 is 0 Å². The Balaban J connectivity index is 2.95. The van der Waals surface area contributed by atoms with Crippen LogP contribution < -0.4 is 0 Å². The lowest BCUT2D eigenvalue weighted by Crippen LogP contribution is -2.04. The Bertz CT molecular complexity index is 326. The highest BCUT2D eigenvalue weighted by atomic mass is 79.9. The lowest BCUT2D eigenvalue weighted by atomic mass is 10.0. The van der Waals surface area contributed by atoms with Crippen LogP contribution in [0.1, 0.15) is 16.7 Å². The number of aryl methyl sites for hydroxylation is 2. The third-order valence-corrected chi connectivity index (χ3v) is 3.58. The Hall–Kier alpha value is -0.340. The van der Waals surface area contributed by atoms with Gasteiger partial charge in [0.25, 0.3) is 0 Å². The average molecular weight is 276 g/mol. The van der Waals surface area contributed by atoms with E-state index in [9.17, 15) is 4.79 Å². The molecule has 3 heteroatoms. The van der Waals surface area contributed by atoms with Gasteiger partial charge in [-0.2, -0.15) is 0 Å². The molecule has 0 aliphatic rings. The van der Waals surface area contributed by atoms with Crippen LogP contribution in [0.4, 0.5) is 0 Å². The molecule has 1 aromatic rings. The normalized spacial score (nSPS) is 12.6. The lowest BCUT2D eigenvalue weighted by molar-refractivity contribution is -0.107. The van der Waals surface area contributed by atoms with Crippen LogP contribution in [-0.2, 0) is 11.2 Å². The number of halogens is 2. The second kappa shape index (κ2) is 4.94. The highest BCUT2D eigenvalue weighted by molar-refractivity contribution is 9.10. The highest BCUT2D eigenvalue weighted by Crippen LogP contribution is 2.23. The molecule has 0 spiro atoms. The van der Waals surface area contributed by atoms with Crippen LogP contribution in [0.5, 0.6) is 0 Å². The topological polar surface area (TPSA) is 17.1 Å². The Kier molecular flexibility index (Phi) is 4.14. The molecule has 0 aromatic heterocycles. The first-order valence-electron chi connectivity index (χ1n) is 4.39. The standard InChI is InChI=1S/C11H12BrClO/c1-7-3-9(5-10(13)6-14)4-8(2)11(7)12/h3-4,6,10H,5H2,1-2H3. The van der Waals surface area contributed by atoms with Crippen LogP contribution >= 0.6 is 27.5 Å². The first kappa shape index (κ1) is 11.7. The summed E-state index contributed by atoms with van der Waals surface area (Å²) < 4.78 is 1.12. The van der Waals surface area contributed by atoms with E-state index in [0.29, 0.717) is 6.42 Å². The molecule has 0 amide bonds. The summed E-state index contributed by atoms with van der Waals surface area (Å²) in [6.45, 7) is 4.06. The molecule has 0 saturated heterocycles. The van der Waals surface area contributed by atoms with Gasteiger partial charge in [0.1, 0.15) is 6.29 Å². The zero-order valence-corrected chi connectivity index (χ0v) is 10.5. The van der Waals surface area contributed by atoms with Gasteiger partial charge < -0.3 is 4.79 Å². The number of carbonyl (C=O) groups is 1. The fourth-order valence-corrected chi connectivity index (χ4v) is 1.83. The molecule has 1 nitrogen and oxygen atoms in total. The Labute approximate surface area is 97.6 Å². The molecule has 0 radical (unpaired) electrons. The molecular weight excluding hydrogens is 263 g/mol. The Morgan fingerprint density at radius 3 is 2.36 bits per heavy atom. The fraction of sp³-hybridized carbons (Fsp3) is 0.364. The monoisotopic (exact) mass is 274 g/mol. The van der Waals surface area contributed by atoms with Crippen molar-refractivity contribution in [1.82, 2.24) is 0 Å². The molecule has 0 N–H and O–H groups in total. The number of rotatable bonds is 3. The average Bonchev–Trinajstić information content (AvgIpc) is 2.14. The van der Waals surface area contributed by atoms with E-state index in [1.54, 1.807) is 0 Å². The van der Waals surface area contributed by atoms with Gasteiger partial charge in [0.05, 0.1) is 5.38 Å². The molecule has 0 heterocycles. The van der Waals surface area contributed by atoms with Gasteiger partial charge in [-0.15, -0.1) is 11.6 Å². The van der Waals surface area contributed by atoms with Crippen molar-refractivity contribution in [2.45, 2.75) is 25.6 Å². The first-order valence-corrected chi connectivity index (χ1v) is 5.62. The molecule has 0 aliphatic heterocycles. The summed E-state index contributed by atoms with van der Waals surface area (Å²) in [6.07, 6.45) is 1.37. The minimum atomic E-state index is -0.421. The summed E-state index contributed by atoms with van der Waals surface area (Å²) in [4.78, 5) is 10.4. The Morgan fingerprint density at radius 2 is 1.93 bits per heavy atom. The minimum absolute atomic E-state index is 0.421. The van der Waals surface area contributed by atoms with Crippen LogP contribution in [-0.4, -0.2) is 11.7 Å². The van der Waals surface area contributed by atoms with E-state index < -0.39 is 5.38 Å². The van der Waals surface area contributed by atoms with Crippen molar-refractivity contribution in [1.29, 1.82) is 0 Å². The van der Waals surface area contributed by atoms with Crippen molar-refractivity contribution in [3.05, 3.63) is 33.3 Å². The molecule has 1 atom stereocenters. The predicted molar refractivity (Wildman–Crippen MR) is 63.0 cm³/mol. The van der Waals surface area contributed by atoms with E-state index in [2.05, 4.69) is 28.1 Å². The third-order valence-electron chi connectivity index (χ3n) is 2.07. The number of hydrogen-bond acceptors (Lipinski definition) is 1. The lowest BCUT2D eigenvalue weighted by Gasteiger charge is -2.08. The molecule has 0 aliphatic carbocycles. The maximum absolute atomic E-state index is 10.4. The van der Waals surface area contributed by atoms with Crippen LogP contribution in [0.15, 0.2) is 16.6 Å². The van der Waals surface area contributed by atoms with Gasteiger partial charge in [-0.3, -0.25) is 0 Å². The van der Waals surface area contributed by atoms with Crippen LogP contribution in [0.3, 0.4) is 0 Å². The summed E-state index contributed by atoms with van der Waals surface area (Å²) in [6, 6.07) is 4.10. The maximum Gasteiger partial charge on any atom is 0.138 e. The summed E-state index contributed by atoms with van der Waals surface area (Å²) in [5.74, 6) is 0. The van der Waals surface area contributed by atoms with Gasteiger partial charge in [0.2, 0.25) is 0 Å². The molecule has 1 rings (SSSR count). The van der Waals surface area contributed by atoms with Gasteiger partial charge in [-0.1, -0.05) is 28.1 Å². The van der Waals surface area contributed by atoms with E-state index in [0.717, 1.165) is 16.3 Å². The van der Waals surface area contributed by atoms with Gasteiger partial charge in [-0.25, -0.2) is 0 Å². The summed E-state index contributed by atoms with van der Waals surface area (Å²) in [5, 5.41) is -0.421. The van der Waals surface area contributed by atoms with Crippen molar-refractivity contribution in [2.75, 3.05) is 0 Å². The van der Waals surface area contributed by atoms with Crippen molar-refractivity contribution < 1.29 is 4.79 Å². The van der Waals surface area contributed by atoms with E-state index in [4.69, 9.17) is 11.6 Å². The zero-order valence-electron chi connectivity index (χ0n) is 8.18. The number of carbonyl (C=O) groups excluding carboxylic acids is 1. The second-order valence-corrected chi connectivity index (χ2v) is 4.75. The molecule has 76 valence electrons. The van der Waals surface area contributed by atoms with Gasteiger partial charge in [0, 0.05) is 4.47 Å². The molecule has 1 unspecified atom stereocenters. The van der Waals surface area contributed by atoms with Crippen molar-refractivity contribution in [2.24, 2.45) is 0 Å². The second-order valence-electron chi connectivity index (χ2n) is 3.40. The summed E-state index contributed by atoms with van der Waals surface area (Å²) in [7, 11) is 0. The quantitative estimate of drug-likeness (QED) is 0.610. The molecule has 14 heavy (non-hydrogen) atoms. The number of alkyl halides is 1. The van der Waals surface area contributed by atoms with E-state index >= 15 is 0 Å². The van der Waals surface area contributed by atoms with E-state index in [1.807, 2.05) is 13.8 Å². The van der Waals surface area contributed by atoms with Crippen molar-refractivity contribution in [3.8, 4) is 0 Å². The molecule has 1 aromatic carbocycles. The fourth-order valence-electron chi connectivity index (χ4n) is 1.43. The molecule has 0 saturated carbocycles. The number of aldehydes is 1. The van der Waals surface area contributed by atoms with Crippen LogP contribution in [0, 0.1) is 13.8 Å². The predicted octanol–water partition coefficient (Wildman–Crippen LogP) is 3.41. The summed E-state index contributed by atoms with van der Waals surface area (Å²) >= 11 is 9.26. The smallest absolute Gasteiger partial charge is 0.138 e. The Morgan fingerprint density at radius 1 is 1.43 bits per heavy atom. The minimum Gasteiger partial charge on any atom is -0.302 e. The van der Waals surface area contributed by atoms with Crippen LogP contribution in [0.25, 0.3) is 0 Å². The van der Waals surface area contributed by atoms with Gasteiger partial charge in [0.15, 0.2) is 0 Å². The first-order chi connectivity index (χ1) is 6.54. The van der Waals surface area contributed by atoms with Crippen molar-refractivity contribution >= 4 is 33.8 Å². The number of hydrogen-bond donors (Lipinski definition) is 0. The van der Waals surface area contributed by atoms with E-state index in [1.165, 1.54) is 11.1 Å². The third kappa shape index (κ3) is 2.82. The van der Waals surface area contributed by atoms with Crippen molar-refractivity contribution in [3.63, 3.8) is 0 Å². The summed E-state index contributed by atoms with van der Waals surface area (Å²) in [5.41, 5.74) is 3.46. The zero-order chi connectivity index (χ0) is 10.7. The highest BCUT2D eigenvalue weighted by Gasteiger charge is 2.07. The SMILES string of the molecule is Cc1cc(CC(Cl)C=O)cc(C)c1Br. The van der Waals surface area contributed by atoms with Crippen LogP contribution in [0.2, 0.25) is 0 Å². The molecule has 0 fully saturated rings. The maximum atomic E-state index is 10.4. The molecule has 0 bridgehead atoms. The molecular formula is C11H12BrClO. The van der Waals surface area contributed by atoms with Gasteiger partial charge in [-0.05, 0) is 37.0 Å². The largest absolute Gasteiger partial charge is 0.302 e.